The maximum atomic E-state index is 11.4. The summed E-state index contributed by atoms with van der Waals surface area (Å²) in [6, 6.07) is 13.5. The van der Waals surface area contributed by atoms with Crippen molar-refractivity contribution in [1.29, 1.82) is 0 Å². The number of aliphatic carboxylic acids is 1. The number of rotatable bonds is 7. The van der Waals surface area contributed by atoms with Gasteiger partial charge in [0.2, 0.25) is 0 Å². The van der Waals surface area contributed by atoms with Gasteiger partial charge in [0.1, 0.15) is 12.4 Å². The molecule has 0 bridgehead atoms. The summed E-state index contributed by atoms with van der Waals surface area (Å²) in [6.07, 6.45) is 1.61. The lowest BCUT2D eigenvalue weighted by molar-refractivity contribution is -0.132. The van der Waals surface area contributed by atoms with Gasteiger partial charge >= 0.3 is 5.97 Å². The van der Waals surface area contributed by atoms with Crippen LogP contribution in [0.5, 0.6) is 5.75 Å². The molecule has 0 aliphatic heterocycles. The number of hydrogen-bond acceptors (Lipinski definition) is 5. The molecule has 0 aliphatic rings. The van der Waals surface area contributed by atoms with Crippen LogP contribution in [0.1, 0.15) is 36.1 Å². The predicted octanol–water partition coefficient (Wildman–Crippen LogP) is 5.95. The van der Waals surface area contributed by atoms with Crippen molar-refractivity contribution in [3.8, 4) is 5.75 Å². The molecule has 1 aromatic heterocycles. The second kappa shape index (κ2) is 9.62. The fourth-order valence-electron chi connectivity index (χ4n) is 3.18. The highest BCUT2D eigenvalue weighted by Crippen LogP contribution is 2.33. The van der Waals surface area contributed by atoms with Gasteiger partial charge in [0, 0.05) is 16.8 Å². The largest absolute Gasteiger partial charge is 0.487 e. The number of carboxylic acids is 1. The van der Waals surface area contributed by atoms with E-state index in [9.17, 15) is 9.90 Å². The van der Waals surface area contributed by atoms with Gasteiger partial charge in [0.05, 0.1) is 11.2 Å². The Balaban J connectivity index is 1.83. The van der Waals surface area contributed by atoms with Crippen molar-refractivity contribution in [2.24, 2.45) is 0 Å². The van der Waals surface area contributed by atoms with Gasteiger partial charge < -0.3 is 15.2 Å². The maximum absolute atomic E-state index is 11.4. The Labute approximate surface area is 186 Å². The second-order valence-corrected chi connectivity index (χ2v) is 7.76. The quantitative estimate of drug-likeness (QED) is 0.444. The standard InChI is InChI=1S/C24H24ClN3O3/c1-14-6-5-7-18(10-14)13-31-21-9-8-19(11-20(21)25)27-23-22(15(2)12-26-28-23)16(3)17(4)24(29)30/h5-12H,13H2,1-4H3,(H,27,28)(H,29,30)/b17-16+. The van der Waals surface area contributed by atoms with Crippen molar-refractivity contribution in [3.05, 3.63) is 81.5 Å². The summed E-state index contributed by atoms with van der Waals surface area (Å²) in [5.41, 5.74) is 5.31. The van der Waals surface area contributed by atoms with Gasteiger partial charge in [-0.15, -0.1) is 5.10 Å². The molecule has 2 aromatic carbocycles. The Morgan fingerprint density at radius 3 is 2.61 bits per heavy atom. The summed E-state index contributed by atoms with van der Waals surface area (Å²) in [7, 11) is 0. The molecular weight excluding hydrogens is 414 g/mol. The van der Waals surface area contributed by atoms with E-state index < -0.39 is 5.97 Å². The lowest BCUT2D eigenvalue weighted by atomic mass is 9.99. The first-order valence-corrected chi connectivity index (χ1v) is 10.1. The van der Waals surface area contributed by atoms with Crippen LogP contribution in [0.4, 0.5) is 11.5 Å². The second-order valence-electron chi connectivity index (χ2n) is 7.35. The van der Waals surface area contributed by atoms with Crippen LogP contribution in [0.15, 0.2) is 54.2 Å². The first-order valence-electron chi connectivity index (χ1n) is 9.74. The molecule has 7 heteroatoms. The van der Waals surface area contributed by atoms with Crippen molar-refractivity contribution in [1.82, 2.24) is 10.2 Å². The highest BCUT2D eigenvalue weighted by atomic mass is 35.5. The average Bonchev–Trinajstić information content (AvgIpc) is 2.72. The summed E-state index contributed by atoms with van der Waals surface area (Å²) >= 11 is 6.43. The first kappa shape index (κ1) is 22.3. The van der Waals surface area contributed by atoms with Crippen LogP contribution in [-0.2, 0) is 11.4 Å². The highest BCUT2D eigenvalue weighted by Gasteiger charge is 2.16. The highest BCUT2D eigenvalue weighted by molar-refractivity contribution is 6.32. The van der Waals surface area contributed by atoms with Crippen LogP contribution in [0.25, 0.3) is 5.57 Å². The molecule has 0 spiro atoms. The van der Waals surface area contributed by atoms with Crippen molar-refractivity contribution in [2.45, 2.75) is 34.3 Å². The molecule has 160 valence electrons. The minimum Gasteiger partial charge on any atom is -0.487 e. The number of nitrogens with zero attached hydrogens (tertiary/aromatic N) is 2. The van der Waals surface area contributed by atoms with E-state index in [-0.39, 0.29) is 5.57 Å². The van der Waals surface area contributed by atoms with Crippen LogP contribution in [0.3, 0.4) is 0 Å². The van der Waals surface area contributed by atoms with Gasteiger partial charge in [0.15, 0.2) is 5.82 Å². The SMILES string of the molecule is C/C(C(=O)O)=C(/C)c1c(C)cnnc1Nc1ccc(OCc2cccc(C)c2)c(Cl)c1. The molecule has 0 fully saturated rings. The first-order chi connectivity index (χ1) is 14.8. The predicted molar refractivity (Wildman–Crippen MR) is 123 cm³/mol. The van der Waals surface area contributed by atoms with Crippen molar-refractivity contribution in [2.75, 3.05) is 5.32 Å². The summed E-state index contributed by atoms with van der Waals surface area (Å²) in [6.45, 7) is 7.64. The summed E-state index contributed by atoms with van der Waals surface area (Å²) in [4.78, 5) is 11.4. The monoisotopic (exact) mass is 437 g/mol. The lowest BCUT2D eigenvalue weighted by Crippen LogP contribution is -2.06. The number of anilines is 2. The average molecular weight is 438 g/mol. The van der Waals surface area contributed by atoms with E-state index in [2.05, 4.69) is 21.6 Å². The third-order valence-electron chi connectivity index (χ3n) is 4.97. The molecule has 6 nitrogen and oxygen atoms in total. The topological polar surface area (TPSA) is 84.3 Å². The summed E-state index contributed by atoms with van der Waals surface area (Å²) in [5, 5.41) is 21.2. The summed E-state index contributed by atoms with van der Waals surface area (Å²) in [5.74, 6) is 0.0579. The third-order valence-corrected chi connectivity index (χ3v) is 5.27. The van der Waals surface area contributed by atoms with Crippen LogP contribution in [-0.4, -0.2) is 21.3 Å². The van der Waals surface area contributed by atoms with Gasteiger partial charge in [-0.2, -0.15) is 5.10 Å². The van der Waals surface area contributed by atoms with Crippen molar-refractivity contribution < 1.29 is 14.6 Å². The zero-order valence-corrected chi connectivity index (χ0v) is 18.6. The maximum Gasteiger partial charge on any atom is 0.331 e. The number of allylic oxidation sites excluding steroid dienone is 1. The van der Waals surface area contributed by atoms with E-state index in [4.69, 9.17) is 16.3 Å². The number of halogens is 1. The van der Waals surface area contributed by atoms with Crippen LogP contribution in [0, 0.1) is 13.8 Å². The van der Waals surface area contributed by atoms with Crippen LogP contribution >= 0.6 is 11.6 Å². The molecule has 3 rings (SSSR count). The van der Waals surface area contributed by atoms with Crippen LogP contribution < -0.4 is 10.1 Å². The van der Waals surface area contributed by atoms with Gasteiger partial charge in [-0.25, -0.2) is 4.79 Å². The van der Waals surface area contributed by atoms with Crippen molar-refractivity contribution in [3.63, 3.8) is 0 Å². The molecule has 0 amide bonds. The molecule has 2 N–H and O–H groups in total. The van der Waals surface area contributed by atoms with E-state index in [0.29, 0.717) is 40.0 Å². The molecule has 0 atom stereocenters. The number of carbonyl (C=O) groups is 1. The fraction of sp³-hybridized carbons (Fsp3) is 0.208. The molecule has 0 aliphatic carbocycles. The molecule has 0 radical (unpaired) electrons. The smallest absolute Gasteiger partial charge is 0.331 e. The number of aryl methyl sites for hydroxylation is 2. The molecule has 0 saturated heterocycles. The Kier molecular flexibility index (Phi) is 6.92. The molecule has 0 unspecified atom stereocenters. The number of hydrogen-bond donors (Lipinski definition) is 2. The third kappa shape index (κ3) is 5.41. The normalized spacial score (nSPS) is 11.6. The van der Waals surface area contributed by atoms with E-state index in [1.807, 2.05) is 38.1 Å². The number of nitrogens with one attached hydrogen (secondary N) is 1. The zero-order valence-electron chi connectivity index (χ0n) is 17.9. The van der Waals surface area contributed by atoms with E-state index in [1.165, 1.54) is 5.56 Å². The molecule has 31 heavy (non-hydrogen) atoms. The molecule has 1 heterocycles. The number of carboxylic acid groups (broad SMARTS) is 1. The van der Waals surface area contributed by atoms with E-state index in [0.717, 1.165) is 11.1 Å². The minimum atomic E-state index is -0.974. The Morgan fingerprint density at radius 1 is 1.16 bits per heavy atom. The zero-order chi connectivity index (χ0) is 22.5. The number of aromatic nitrogens is 2. The Bertz CT molecular complexity index is 1160. The van der Waals surface area contributed by atoms with E-state index >= 15 is 0 Å². The van der Waals surface area contributed by atoms with Gasteiger partial charge in [-0.3, -0.25) is 0 Å². The number of benzene rings is 2. The summed E-state index contributed by atoms with van der Waals surface area (Å²) < 4.78 is 5.86. The van der Waals surface area contributed by atoms with Gasteiger partial charge in [-0.1, -0.05) is 41.4 Å². The minimum absolute atomic E-state index is 0.247. The van der Waals surface area contributed by atoms with Crippen LogP contribution in [0.2, 0.25) is 5.02 Å². The molecular formula is C24H24ClN3O3. The van der Waals surface area contributed by atoms with Crippen molar-refractivity contribution >= 4 is 34.6 Å². The lowest BCUT2D eigenvalue weighted by Gasteiger charge is -2.15. The Morgan fingerprint density at radius 2 is 1.94 bits per heavy atom. The Hall–Kier alpha value is -3.38. The van der Waals surface area contributed by atoms with Gasteiger partial charge in [-0.05, 0) is 62.6 Å². The van der Waals surface area contributed by atoms with Gasteiger partial charge in [0.25, 0.3) is 0 Å². The van der Waals surface area contributed by atoms with E-state index in [1.54, 1.807) is 32.2 Å². The number of ether oxygens (including phenoxy) is 1. The molecule has 0 saturated carbocycles. The molecule has 3 aromatic rings. The fourth-order valence-corrected chi connectivity index (χ4v) is 3.41.